The minimum atomic E-state index is -0.482. The maximum absolute atomic E-state index is 10.6. The average Bonchev–Trinajstić information content (AvgIpc) is 2.79. The van der Waals surface area contributed by atoms with E-state index in [2.05, 4.69) is 15.5 Å². The number of nitrogens with zero attached hydrogens (tertiary/aromatic N) is 3. The fraction of sp³-hybridized carbons (Fsp3) is 0.111. The van der Waals surface area contributed by atoms with Crippen molar-refractivity contribution in [2.75, 3.05) is 12.4 Å². The minimum absolute atomic E-state index is 0.0301. The first-order chi connectivity index (χ1) is 8.60. The van der Waals surface area contributed by atoms with Crippen LogP contribution >= 0.6 is 34.7 Å². The second-order valence-corrected chi connectivity index (χ2v) is 5.77. The number of nitrogens with one attached hydrogen (secondary N) is 1. The Kier molecular flexibility index (Phi) is 4.00. The predicted molar refractivity (Wildman–Crippen MR) is 71.7 cm³/mol. The molecule has 6 nitrogen and oxygen atoms in total. The number of halogens is 1. The van der Waals surface area contributed by atoms with Crippen LogP contribution in [0, 0.1) is 10.1 Å². The van der Waals surface area contributed by atoms with Crippen molar-refractivity contribution in [2.45, 2.75) is 9.24 Å². The first-order valence-electron chi connectivity index (χ1n) is 4.73. The van der Waals surface area contributed by atoms with Gasteiger partial charge in [-0.05, 0) is 6.07 Å². The zero-order chi connectivity index (χ0) is 13.1. The highest BCUT2D eigenvalue weighted by molar-refractivity contribution is 8.01. The molecule has 1 heterocycles. The van der Waals surface area contributed by atoms with Crippen molar-refractivity contribution in [1.82, 2.24) is 10.2 Å². The summed E-state index contributed by atoms with van der Waals surface area (Å²) in [5.74, 6) is 0. The Morgan fingerprint density at radius 1 is 1.50 bits per heavy atom. The summed E-state index contributed by atoms with van der Waals surface area (Å²) >= 11 is 8.68. The summed E-state index contributed by atoms with van der Waals surface area (Å²) in [5.41, 5.74) is -0.0301. The van der Waals surface area contributed by atoms with Gasteiger partial charge in [0, 0.05) is 24.1 Å². The lowest BCUT2D eigenvalue weighted by Crippen LogP contribution is -1.87. The Hall–Kier alpha value is -1.38. The monoisotopic (exact) mass is 302 g/mol. The summed E-state index contributed by atoms with van der Waals surface area (Å²) in [6, 6.07) is 4.34. The summed E-state index contributed by atoms with van der Waals surface area (Å²) in [6.45, 7) is 0. The second kappa shape index (κ2) is 5.51. The molecule has 0 saturated heterocycles. The number of benzene rings is 1. The van der Waals surface area contributed by atoms with Gasteiger partial charge in [0.25, 0.3) is 5.69 Å². The number of non-ortho nitro benzene ring substituents is 1. The summed E-state index contributed by atoms with van der Waals surface area (Å²) in [4.78, 5) is 10.8. The molecule has 1 aromatic heterocycles. The highest BCUT2D eigenvalue weighted by Gasteiger charge is 2.12. The fourth-order valence-electron chi connectivity index (χ4n) is 1.13. The Morgan fingerprint density at radius 2 is 2.28 bits per heavy atom. The van der Waals surface area contributed by atoms with Crippen LogP contribution in [0.2, 0.25) is 5.02 Å². The van der Waals surface area contributed by atoms with E-state index in [9.17, 15) is 10.1 Å². The molecule has 0 amide bonds. The van der Waals surface area contributed by atoms with Gasteiger partial charge in [0.2, 0.25) is 5.13 Å². The maximum atomic E-state index is 10.6. The van der Waals surface area contributed by atoms with E-state index in [4.69, 9.17) is 11.6 Å². The zero-order valence-electron chi connectivity index (χ0n) is 9.08. The predicted octanol–water partition coefficient (Wildman–Crippen LogP) is 3.29. The van der Waals surface area contributed by atoms with Gasteiger partial charge in [0.15, 0.2) is 4.34 Å². The summed E-state index contributed by atoms with van der Waals surface area (Å²) in [5, 5.41) is 22.3. The summed E-state index contributed by atoms with van der Waals surface area (Å²) < 4.78 is 0.718. The zero-order valence-corrected chi connectivity index (χ0v) is 11.5. The molecule has 2 rings (SSSR count). The van der Waals surface area contributed by atoms with Crippen LogP contribution in [0.3, 0.4) is 0 Å². The van der Waals surface area contributed by atoms with Crippen LogP contribution in [0.15, 0.2) is 27.4 Å². The van der Waals surface area contributed by atoms with Crippen molar-refractivity contribution >= 4 is 45.5 Å². The molecule has 18 heavy (non-hydrogen) atoms. The Morgan fingerprint density at radius 3 is 2.83 bits per heavy atom. The third kappa shape index (κ3) is 2.89. The highest BCUT2D eigenvalue weighted by atomic mass is 35.5. The summed E-state index contributed by atoms with van der Waals surface area (Å²) in [7, 11) is 1.76. The Balaban J connectivity index is 2.21. The molecule has 2 aromatic rings. The molecule has 0 aliphatic carbocycles. The van der Waals surface area contributed by atoms with Gasteiger partial charge in [-0.3, -0.25) is 10.1 Å². The minimum Gasteiger partial charge on any atom is -0.363 e. The first-order valence-corrected chi connectivity index (χ1v) is 6.74. The molecule has 9 heteroatoms. The van der Waals surface area contributed by atoms with Crippen LogP contribution < -0.4 is 5.32 Å². The molecule has 0 aliphatic heterocycles. The SMILES string of the molecule is CNc1nnc(Sc2ccc([N+](=O)[O-])cc2Cl)s1. The lowest BCUT2D eigenvalue weighted by molar-refractivity contribution is -0.384. The van der Waals surface area contributed by atoms with Gasteiger partial charge in [-0.25, -0.2) is 0 Å². The van der Waals surface area contributed by atoms with Crippen molar-refractivity contribution in [1.29, 1.82) is 0 Å². The summed E-state index contributed by atoms with van der Waals surface area (Å²) in [6.07, 6.45) is 0. The van der Waals surface area contributed by atoms with E-state index < -0.39 is 4.92 Å². The van der Waals surface area contributed by atoms with Crippen LogP contribution in [-0.4, -0.2) is 22.2 Å². The van der Waals surface area contributed by atoms with E-state index in [0.29, 0.717) is 15.0 Å². The van der Waals surface area contributed by atoms with Gasteiger partial charge < -0.3 is 5.32 Å². The standard InChI is InChI=1S/C9H7ClN4O2S2/c1-11-8-12-13-9(18-8)17-7-3-2-5(14(15)16)4-6(7)10/h2-4H,1H3,(H,11,12). The molecular weight excluding hydrogens is 296 g/mol. The van der Waals surface area contributed by atoms with Crippen LogP contribution in [0.4, 0.5) is 10.8 Å². The van der Waals surface area contributed by atoms with E-state index in [1.807, 2.05) is 0 Å². The largest absolute Gasteiger partial charge is 0.363 e. The molecule has 0 radical (unpaired) electrons. The van der Waals surface area contributed by atoms with Crippen LogP contribution in [0.1, 0.15) is 0 Å². The van der Waals surface area contributed by atoms with E-state index in [1.54, 1.807) is 13.1 Å². The van der Waals surface area contributed by atoms with E-state index in [-0.39, 0.29) is 5.69 Å². The Labute approximate surface area is 116 Å². The number of aromatic nitrogens is 2. The smallest absolute Gasteiger partial charge is 0.270 e. The van der Waals surface area contributed by atoms with Gasteiger partial charge in [-0.2, -0.15) is 0 Å². The molecule has 0 bridgehead atoms. The quantitative estimate of drug-likeness (QED) is 0.689. The molecule has 94 valence electrons. The molecule has 0 atom stereocenters. The highest BCUT2D eigenvalue weighted by Crippen LogP contribution is 2.37. The van der Waals surface area contributed by atoms with Crippen LogP contribution in [0.5, 0.6) is 0 Å². The molecule has 0 unspecified atom stereocenters. The molecule has 0 spiro atoms. The first kappa shape index (κ1) is 13.1. The van der Waals surface area contributed by atoms with Crippen molar-refractivity contribution in [3.8, 4) is 0 Å². The molecule has 0 aliphatic rings. The van der Waals surface area contributed by atoms with E-state index in [1.165, 1.54) is 35.2 Å². The number of nitro groups is 1. The molecule has 0 saturated carbocycles. The van der Waals surface area contributed by atoms with Crippen molar-refractivity contribution in [2.24, 2.45) is 0 Å². The normalized spacial score (nSPS) is 10.3. The average molecular weight is 303 g/mol. The maximum Gasteiger partial charge on any atom is 0.270 e. The van der Waals surface area contributed by atoms with Crippen LogP contribution in [0.25, 0.3) is 0 Å². The van der Waals surface area contributed by atoms with Crippen molar-refractivity contribution in [3.05, 3.63) is 33.3 Å². The number of hydrogen-bond acceptors (Lipinski definition) is 7. The van der Waals surface area contributed by atoms with Gasteiger partial charge in [0.1, 0.15) is 0 Å². The lowest BCUT2D eigenvalue weighted by atomic mass is 10.3. The third-order valence-electron chi connectivity index (χ3n) is 1.94. The van der Waals surface area contributed by atoms with E-state index >= 15 is 0 Å². The fourth-order valence-corrected chi connectivity index (χ4v) is 3.09. The van der Waals surface area contributed by atoms with Gasteiger partial charge in [-0.15, -0.1) is 10.2 Å². The van der Waals surface area contributed by atoms with Crippen LogP contribution in [-0.2, 0) is 0 Å². The van der Waals surface area contributed by atoms with Gasteiger partial charge in [0.05, 0.1) is 9.95 Å². The second-order valence-electron chi connectivity index (χ2n) is 3.10. The third-order valence-corrected chi connectivity index (χ3v) is 4.44. The lowest BCUT2D eigenvalue weighted by Gasteiger charge is -2.00. The number of nitro benzene ring substituents is 1. The van der Waals surface area contributed by atoms with Gasteiger partial charge >= 0.3 is 0 Å². The number of hydrogen-bond donors (Lipinski definition) is 1. The number of rotatable bonds is 4. The molecule has 0 fully saturated rings. The Bertz CT molecular complexity index is 590. The van der Waals surface area contributed by atoms with Crippen molar-refractivity contribution < 1.29 is 4.92 Å². The van der Waals surface area contributed by atoms with Gasteiger partial charge in [-0.1, -0.05) is 34.7 Å². The number of anilines is 1. The topological polar surface area (TPSA) is 81.0 Å². The molecule has 1 N–H and O–H groups in total. The molecular formula is C9H7ClN4O2S2. The van der Waals surface area contributed by atoms with E-state index in [0.717, 1.165) is 4.34 Å². The molecule has 1 aromatic carbocycles. The van der Waals surface area contributed by atoms with Crippen molar-refractivity contribution in [3.63, 3.8) is 0 Å².